The average molecular weight is 314 g/mol. The molecular weight excluding hydrogens is 293 g/mol. The van der Waals surface area contributed by atoms with E-state index in [-0.39, 0.29) is 5.82 Å². The van der Waals surface area contributed by atoms with E-state index in [0.717, 1.165) is 12.1 Å². The van der Waals surface area contributed by atoms with Gasteiger partial charge in [-0.05, 0) is 47.4 Å². The fourth-order valence-electron chi connectivity index (χ4n) is 2.77. The summed E-state index contributed by atoms with van der Waals surface area (Å²) in [5.74, 6) is -0.165. The van der Waals surface area contributed by atoms with Crippen LogP contribution in [0.3, 0.4) is 0 Å². The Balaban J connectivity index is 2.01. The normalized spacial score (nSPS) is 18.0. The highest BCUT2D eigenvalue weighted by molar-refractivity contribution is 9.10. The molecule has 0 radical (unpaired) electrons. The summed E-state index contributed by atoms with van der Waals surface area (Å²) in [6.45, 7) is 0.822. The fraction of sp³-hybridized carbons (Fsp3) is 0.600. The number of hydrogen-bond donors (Lipinski definition) is 0. The highest BCUT2D eigenvalue weighted by Crippen LogP contribution is 2.25. The summed E-state index contributed by atoms with van der Waals surface area (Å²) in [6.07, 6.45) is 7.97. The van der Waals surface area contributed by atoms with Gasteiger partial charge in [-0.2, -0.15) is 0 Å². The summed E-state index contributed by atoms with van der Waals surface area (Å²) >= 11 is 3.35. The van der Waals surface area contributed by atoms with Crippen LogP contribution in [0.25, 0.3) is 0 Å². The molecule has 0 bridgehead atoms. The first-order valence-corrected chi connectivity index (χ1v) is 7.61. The Labute approximate surface area is 118 Å². The molecule has 0 spiro atoms. The number of nitrogens with zero attached hydrogens (tertiary/aromatic N) is 1. The van der Waals surface area contributed by atoms with Crippen LogP contribution in [0.5, 0.6) is 0 Å². The maximum Gasteiger partial charge on any atom is 0.137 e. The Bertz CT molecular complexity index is 386. The molecule has 18 heavy (non-hydrogen) atoms. The lowest BCUT2D eigenvalue weighted by Crippen LogP contribution is -2.30. The van der Waals surface area contributed by atoms with Crippen molar-refractivity contribution in [3.8, 4) is 0 Å². The van der Waals surface area contributed by atoms with Gasteiger partial charge in [-0.15, -0.1) is 0 Å². The van der Waals surface area contributed by atoms with Crippen LogP contribution in [-0.4, -0.2) is 18.0 Å². The molecule has 1 aliphatic carbocycles. The predicted molar refractivity (Wildman–Crippen MR) is 77.1 cm³/mol. The molecule has 0 aliphatic heterocycles. The molecule has 0 unspecified atom stereocenters. The number of halogens is 2. The van der Waals surface area contributed by atoms with Gasteiger partial charge in [0, 0.05) is 12.6 Å². The summed E-state index contributed by atoms with van der Waals surface area (Å²) in [5.41, 5.74) is 1.04. The topological polar surface area (TPSA) is 3.24 Å². The molecule has 2 rings (SSSR count). The molecule has 0 heterocycles. The Morgan fingerprint density at radius 2 is 1.89 bits per heavy atom. The monoisotopic (exact) mass is 313 g/mol. The lowest BCUT2D eigenvalue weighted by atomic mass is 10.1. The predicted octanol–water partition coefficient (Wildman–Crippen LogP) is 4.74. The quantitative estimate of drug-likeness (QED) is 0.728. The van der Waals surface area contributed by atoms with E-state index >= 15 is 0 Å². The molecule has 0 amide bonds. The summed E-state index contributed by atoms with van der Waals surface area (Å²) in [6, 6.07) is 5.94. The van der Waals surface area contributed by atoms with Gasteiger partial charge in [-0.25, -0.2) is 4.39 Å². The summed E-state index contributed by atoms with van der Waals surface area (Å²) in [7, 11) is 2.16. The largest absolute Gasteiger partial charge is 0.299 e. The van der Waals surface area contributed by atoms with Gasteiger partial charge >= 0.3 is 0 Å². The van der Waals surface area contributed by atoms with E-state index in [4.69, 9.17) is 0 Å². The average Bonchev–Trinajstić information content (AvgIpc) is 2.63. The standard InChI is InChI=1S/C15H21BrFN/c1-18(13-8-4-2-3-5-9-13)11-12-7-6-10-14(17)15(12)16/h6-7,10,13H,2-5,8-9,11H2,1H3. The van der Waals surface area contributed by atoms with Gasteiger partial charge in [0.25, 0.3) is 0 Å². The summed E-state index contributed by atoms with van der Waals surface area (Å²) in [4.78, 5) is 2.38. The maximum absolute atomic E-state index is 13.5. The molecule has 1 aromatic rings. The van der Waals surface area contributed by atoms with Gasteiger partial charge in [0.15, 0.2) is 0 Å². The van der Waals surface area contributed by atoms with E-state index in [0.29, 0.717) is 10.5 Å². The van der Waals surface area contributed by atoms with Crippen molar-refractivity contribution in [1.29, 1.82) is 0 Å². The van der Waals surface area contributed by atoms with Crippen LogP contribution < -0.4 is 0 Å². The molecule has 1 aromatic carbocycles. The van der Waals surface area contributed by atoms with E-state index in [1.807, 2.05) is 6.07 Å². The van der Waals surface area contributed by atoms with E-state index in [1.165, 1.54) is 44.6 Å². The van der Waals surface area contributed by atoms with Gasteiger partial charge < -0.3 is 0 Å². The molecule has 1 nitrogen and oxygen atoms in total. The first-order chi connectivity index (χ1) is 8.68. The molecule has 100 valence electrons. The van der Waals surface area contributed by atoms with Crippen molar-refractivity contribution < 1.29 is 4.39 Å². The molecule has 0 aromatic heterocycles. The summed E-state index contributed by atoms with van der Waals surface area (Å²) in [5, 5.41) is 0. The van der Waals surface area contributed by atoms with Crippen LogP contribution in [0.2, 0.25) is 0 Å². The molecule has 3 heteroatoms. The third kappa shape index (κ3) is 3.55. The Morgan fingerprint density at radius 1 is 1.22 bits per heavy atom. The minimum Gasteiger partial charge on any atom is -0.299 e. The van der Waals surface area contributed by atoms with E-state index in [2.05, 4.69) is 27.9 Å². The van der Waals surface area contributed by atoms with Crippen LogP contribution in [0.15, 0.2) is 22.7 Å². The van der Waals surface area contributed by atoms with Crippen molar-refractivity contribution >= 4 is 15.9 Å². The van der Waals surface area contributed by atoms with Gasteiger partial charge in [-0.1, -0.05) is 37.8 Å². The lowest BCUT2D eigenvalue weighted by Gasteiger charge is -2.27. The van der Waals surface area contributed by atoms with Crippen LogP contribution in [-0.2, 0) is 6.54 Å². The number of benzene rings is 1. The third-order valence-corrected chi connectivity index (χ3v) is 4.79. The van der Waals surface area contributed by atoms with Crippen molar-refractivity contribution in [2.75, 3.05) is 7.05 Å². The first-order valence-electron chi connectivity index (χ1n) is 6.81. The van der Waals surface area contributed by atoms with Crippen molar-refractivity contribution in [3.05, 3.63) is 34.1 Å². The first kappa shape index (κ1) is 14.0. The molecule has 0 N–H and O–H groups in total. The summed E-state index contributed by atoms with van der Waals surface area (Å²) < 4.78 is 14.1. The Hall–Kier alpha value is -0.410. The molecule has 0 atom stereocenters. The molecule has 1 saturated carbocycles. The van der Waals surface area contributed by atoms with E-state index in [1.54, 1.807) is 6.07 Å². The van der Waals surface area contributed by atoms with Gasteiger partial charge in [-0.3, -0.25) is 4.90 Å². The zero-order valence-electron chi connectivity index (χ0n) is 11.0. The van der Waals surface area contributed by atoms with Crippen molar-refractivity contribution in [3.63, 3.8) is 0 Å². The van der Waals surface area contributed by atoms with Crippen molar-refractivity contribution in [2.45, 2.75) is 51.1 Å². The molecular formula is C15H21BrFN. The van der Waals surface area contributed by atoms with Crippen molar-refractivity contribution in [1.82, 2.24) is 4.90 Å². The van der Waals surface area contributed by atoms with Crippen LogP contribution >= 0.6 is 15.9 Å². The second-order valence-electron chi connectivity index (χ2n) is 5.27. The highest BCUT2D eigenvalue weighted by Gasteiger charge is 2.18. The minimum absolute atomic E-state index is 0.165. The third-order valence-electron chi connectivity index (χ3n) is 3.90. The molecule has 0 saturated heterocycles. The fourth-order valence-corrected chi connectivity index (χ4v) is 3.16. The number of hydrogen-bond acceptors (Lipinski definition) is 1. The van der Waals surface area contributed by atoms with Gasteiger partial charge in [0.05, 0.1) is 4.47 Å². The van der Waals surface area contributed by atoms with Gasteiger partial charge in [0.2, 0.25) is 0 Å². The Morgan fingerprint density at radius 3 is 2.56 bits per heavy atom. The second-order valence-corrected chi connectivity index (χ2v) is 6.07. The highest BCUT2D eigenvalue weighted by atomic mass is 79.9. The van der Waals surface area contributed by atoms with Gasteiger partial charge in [0.1, 0.15) is 5.82 Å². The molecule has 1 aliphatic rings. The van der Waals surface area contributed by atoms with Crippen LogP contribution in [0.4, 0.5) is 4.39 Å². The van der Waals surface area contributed by atoms with E-state index < -0.39 is 0 Å². The Kier molecular flexibility index (Phi) is 5.19. The second kappa shape index (κ2) is 6.67. The number of rotatable bonds is 3. The van der Waals surface area contributed by atoms with Crippen LogP contribution in [0, 0.1) is 5.82 Å². The lowest BCUT2D eigenvalue weighted by molar-refractivity contribution is 0.212. The SMILES string of the molecule is CN(Cc1cccc(F)c1Br)C1CCCCCC1. The van der Waals surface area contributed by atoms with Crippen molar-refractivity contribution in [2.24, 2.45) is 0 Å². The maximum atomic E-state index is 13.5. The molecule has 1 fully saturated rings. The zero-order chi connectivity index (χ0) is 13.0. The van der Waals surface area contributed by atoms with E-state index in [9.17, 15) is 4.39 Å². The minimum atomic E-state index is -0.165. The van der Waals surface area contributed by atoms with Crippen LogP contribution in [0.1, 0.15) is 44.1 Å². The zero-order valence-corrected chi connectivity index (χ0v) is 12.5. The smallest absolute Gasteiger partial charge is 0.137 e.